The van der Waals surface area contributed by atoms with Crippen molar-refractivity contribution in [1.29, 1.82) is 0 Å². The highest BCUT2D eigenvalue weighted by atomic mass is 32.2. The molecule has 2 heterocycles. The molecular weight excluding hydrogens is 394 g/mol. The number of para-hydroxylation sites is 1. The van der Waals surface area contributed by atoms with Crippen LogP contribution in [-0.4, -0.2) is 30.5 Å². The van der Waals surface area contributed by atoms with Crippen LogP contribution in [0, 0.1) is 0 Å². The first-order chi connectivity index (χ1) is 14.4. The van der Waals surface area contributed by atoms with E-state index < -0.39 is 0 Å². The van der Waals surface area contributed by atoms with Gasteiger partial charge in [0, 0.05) is 47.0 Å². The number of aromatic nitrogens is 4. The maximum absolute atomic E-state index is 12.8. The molecule has 1 unspecified atom stereocenters. The quantitative estimate of drug-likeness (QED) is 0.435. The lowest BCUT2D eigenvalue weighted by molar-refractivity contribution is -0.115. The molecule has 2 aromatic heterocycles. The number of nitrogens with one attached hydrogen (secondary N) is 1. The highest BCUT2D eigenvalue weighted by Crippen LogP contribution is 2.31. The number of hydrogen-bond donors (Lipinski definition) is 1. The highest BCUT2D eigenvalue weighted by molar-refractivity contribution is 8.00. The number of fused-ring (bicyclic) bond motifs is 3. The molecule has 156 valence electrons. The van der Waals surface area contributed by atoms with Crippen molar-refractivity contribution in [3.63, 3.8) is 0 Å². The predicted octanol–water partition coefficient (Wildman–Crippen LogP) is 5.19. The summed E-state index contributed by atoms with van der Waals surface area (Å²) in [4.78, 5) is 12.8. The number of carbonyl (C=O) groups is 1. The molecule has 7 heteroatoms. The van der Waals surface area contributed by atoms with Crippen LogP contribution in [0.15, 0.2) is 47.6 Å². The van der Waals surface area contributed by atoms with Gasteiger partial charge >= 0.3 is 0 Å². The Morgan fingerprint density at radius 2 is 1.80 bits per heavy atom. The molecule has 0 bridgehead atoms. The fraction of sp³-hybridized carbons (Fsp3) is 0.348. The van der Waals surface area contributed by atoms with Gasteiger partial charge in [-0.2, -0.15) is 0 Å². The van der Waals surface area contributed by atoms with Gasteiger partial charge in [-0.05, 0) is 38.1 Å². The summed E-state index contributed by atoms with van der Waals surface area (Å²) in [6, 6.07) is 14.5. The largest absolute Gasteiger partial charge is 0.341 e. The topological polar surface area (TPSA) is 64.7 Å². The lowest BCUT2D eigenvalue weighted by atomic mass is 10.1. The van der Waals surface area contributed by atoms with Crippen LogP contribution in [-0.2, 0) is 18.4 Å². The molecule has 0 saturated carbocycles. The van der Waals surface area contributed by atoms with Crippen LogP contribution in [0.2, 0.25) is 0 Å². The summed E-state index contributed by atoms with van der Waals surface area (Å²) < 4.78 is 4.26. The first-order valence-electron chi connectivity index (χ1n) is 10.3. The minimum absolute atomic E-state index is 0.0484. The van der Waals surface area contributed by atoms with E-state index in [2.05, 4.69) is 77.3 Å². The van der Waals surface area contributed by atoms with Crippen molar-refractivity contribution in [2.75, 3.05) is 5.32 Å². The van der Waals surface area contributed by atoms with E-state index in [-0.39, 0.29) is 17.1 Å². The second kappa shape index (κ2) is 8.14. The molecule has 1 N–H and O–H groups in total. The summed E-state index contributed by atoms with van der Waals surface area (Å²) in [5.74, 6) is 1.16. The molecule has 0 aliphatic carbocycles. The average molecular weight is 422 g/mol. The lowest BCUT2D eigenvalue weighted by Gasteiger charge is -2.12. The Morgan fingerprint density at radius 1 is 1.07 bits per heavy atom. The third-order valence-corrected chi connectivity index (χ3v) is 6.53. The van der Waals surface area contributed by atoms with Crippen molar-refractivity contribution in [3.8, 4) is 0 Å². The SMILES string of the molecule is CCn1c2ccccc2c2cc(NC(=O)C(C)Sc3nnc(C(C)C)n3C)ccc21. The van der Waals surface area contributed by atoms with Gasteiger partial charge in [-0.15, -0.1) is 10.2 Å². The molecule has 4 rings (SSSR count). The van der Waals surface area contributed by atoms with Gasteiger partial charge in [0.2, 0.25) is 5.91 Å². The summed E-state index contributed by atoms with van der Waals surface area (Å²) >= 11 is 1.42. The maximum atomic E-state index is 12.8. The number of rotatable bonds is 6. The fourth-order valence-electron chi connectivity index (χ4n) is 3.86. The van der Waals surface area contributed by atoms with Crippen LogP contribution in [0.5, 0.6) is 0 Å². The second-order valence-corrected chi connectivity index (χ2v) is 9.11. The van der Waals surface area contributed by atoms with E-state index in [1.54, 1.807) is 0 Å². The van der Waals surface area contributed by atoms with E-state index in [1.807, 2.05) is 24.6 Å². The number of thioether (sulfide) groups is 1. The Bertz CT molecular complexity index is 1220. The van der Waals surface area contributed by atoms with Gasteiger partial charge < -0.3 is 14.5 Å². The van der Waals surface area contributed by atoms with E-state index in [1.165, 1.54) is 28.2 Å². The van der Waals surface area contributed by atoms with E-state index in [9.17, 15) is 4.79 Å². The van der Waals surface area contributed by atoms with Crippen LogP contribution in [0.3, 0.4) is 0 Å². The lowest BCUT2D eigenvalue weighted by Crippen LogP contribution is -2.22. The maximum Gasteiger partial charge on any atom is 0.237 e. The molecule has 1 amide bonds. The number of nitrogens with zero attached hydrogens (tertiary/aromatic N) is 4. The summed E-state index contributed by atoms with van der Waals surface area (Å²) in [5, 5.41) is 14.4. The van der Waals surface area contributed by atoms with Crippen molar-refractivity contribution in [2.24, 2.45) is 7.05 Å². The predicted molar refractivity (Wildman–Crippen MR) is 124 cm³/mol. The van der Waals surface area contributed by atoms with Crippen LogP contribution < -0.4 is 5.32 Å². The molecule has 1 atom stereocenters. The smallest absolute Gasteiger partial charge is 0.237 e. The normalized spacial score (nSPS) is 12.7. The Hall–Kier alpha value is -2.80. The zero-order valence-electron chi connectivity index (χ0n) is 18.0. The average Bonchev–Trinajstić information content (AvgIpc) is 3.25. The van der Waals surface area contributed by atoms with E-state index in [0.29, 0.717) is 0 Å². The molecular formula is C23H27N5OS. The second-order valence-electron chi connectivity index (χ2n) is 7.80. The number of hydrogen-bond acceptors (Lipinski definition) is 4. The molecule has 2 aromatic carbocycles. The summed E-state index contributed by atoms with van der Waals surface area (Å²) in [5.41, 5.74) is 3.20. The molecule has 0 saturated heterocycles. The monoisotopic (exact) mass is 421 g/mol. The molecule has 0 aliphatic heterocycles. The fourth-order valence-corrected chi connectivity index (χ4v) is 4.68. The van der Waals surface area contributed by atoms with Gasteiger partial charge in [0.1, 0.15) is 5.82 Å². The van der Waals surface area contributed by atoms with Gasteiger partial charge in [0.25, 0.3) is 0 Å². The van der Waals surface area contributed by atoms with Gasteiger partial charge in [-0.3, -0.25) is 4.79 Å². The van der Waals surface area contributed by atoms with Gasteiger partial charge in [-0.1, -0.05) is 43.8 Å². The molecule has 4 aromatic rings. The Morgan fingerprint density at radius 3 is 2.50 bits per heavy atom. The Balaban J connectivity index is 1.56. The zero-order valence-corrected chi connectivity index (χ0v) is 18.8. The number of benzene rings is 2. The molecule has 0 aliphatic rings. The van der Waals surface area contributed by atoms with Crippen molar-refractivity contribution in [1.82, 2.24) is 19.3 Å². The highest BCUT2D eigenvalue weighted by Gasteiger charge is 2.20. The van der Waals surface area contributed by atoms with Crippen LogP contribution in [0.4, 0.5) is 5.69 Å². The summed E-state index contributed by atoms with van der Waals surface area (Å²) in [7, 11) is 1.94. The summed E-state index contributed by atoms with van der Waals surface area (Å²) in [6.45, 7) is 9.11. The van der Waals surface area contributed by atoms with Gasteiger partial charge in [-0.25, -0.2) is 0 Å². The van der Waals surface area contributed by atoms with Gasteiger partial charge in [0.05, 0.1) is 5.25 Å². The van der Waals surface area contributed by atoms with Crippen molar-refractivity contribution < 1.29 is 4.79 Å². The first-order valence-corrected chi connectivity index (χ1v) is 11.2. The zero-order chi connectivity index (χ0) is 21.4. The van der Waals surface area contributed by atoms with E-state index in [4.69, 9.17) is 0 Å². The van der Waals surface area contributed by atoms with Crippen LogP contribution in [0.1, 0.15) is 39.4 Å². The number of aryl methyl sites for hydroxylation is 1. The molecule has 0 fully saturated rings. The summed E-state index contributed by atoms with van der Waals surface area (Å²) in [6.07, 6.45) is 0. The number of amides is 1. The molecule has 30 heavy (non-hydrogen) atoms. The third kappa shape index (κ3) is 3.58. The molecule has 0 radical (unpaired) electrons. The van der Waals surface area contributed by atoms with E-state index >= 15 is 0 Å². The minimum Gasteiger partial charge on any atom is -0.341 e. The Kier molecular flexibility index (Phi) is 5.56. The molecule has 6 nitrogen and oxygen atoms in total. The Labute approximate surface area is 180 Å². The van der Waals surface area contributed by atoms with E-state index in [0.717, 1.165) is 28.6 Å². The van der Waals surface area contributed by atoms with Crippen molar-refractivity contribution in [2.45, 2.75) is 50.6 Å². The van der Waals surface area contributed by atoms with Crippen molar-refractivity contribution >= 4 is 45.2 Å². The first kappa shape index (κ1) is 20.5. The van der Waals surface area contributed by atoms with Crippen LogP contribution >= 0.6 is 11.8 Å². The van der Waals surface area contributed by atoms with Crippen molar-refractivity contribution in [3.05, 3.63) is 48.3 Å². The standard InChI is InChI=1S/C23H27N5OS/c1-6-28-19-10-8-7-9-17(19)18-13-16(11-12-20(18)28)24-22(29)15(4)30-23-26-25-21(14(2)3)27(23)5/h7-15H,6H2,1-5H3,(H,24,29). The molecule has 0 spiro atoms. The third-order valence-electron chi connectivity index (χ3n) is 5.39. The number of carbonyl (C=O) groups excluding carboxylic acids is 1. The minimum atomic E-state index is -0.291. The van der Waals surface area contributed by atoms with Gasteiger partial charge in [0.15, 0.2) is 5.16 Å². The van der Waals surface area contributed by atoms with Crippen LogP contribution in [0.25, 0.3) is 21.8 Å². The number of anilines is 1.